The first kappa shape index (κ1) is 18.8. The lowest BCUT2D eigenvalue weighted by Gasteiger charge is -2.27. The van der Waals surface area contributed by atoms with Crippen molar-refractivity contribution in [2.75, 3.05) is 26.2 Å². The standard InChI is InChI=1S/C22H30N2O2S/c1-3-25-20-12-17-11-16(2)26-21(17)13-18(20)14-23-15-19(22-7-6-10-27-22)24-8-4-5-9-24/h6-7,10,12-13,16,19,23H,3-5,8-9,11,14-15H2,1-2H3/t16-,19-/m0/s1. The van der Waals surface area contributed by atoms with E-state index >= 15 is 0 Å². The number of ether oxygens (including phenoxy) is 2. The molecule has 3 heterocycles. The Balaban J connectivity index is 1.45. The first-order valence-electron chi connectivity index (χ1n) is 10.2. The summed E-state index contributed by atoms with van der Waals surface area (Å²) >= 11 is 1.87. The van der Waals surface area contributed by atoms with Crippen LogP contribution in [0.15, 0.2) is 29.6 Å². The minimum absolute atomic E-state index is 0.260. The Labute approximate surface area is 166 Å². The highest BCUT2D eigenvalue weighted by Crippen LogP contribution is 2.35. The smallest absolute Gasteiger partial charge is 0.124 e. The summed E-state index contributed by atoms with van der Waals surface area (Å²) < 4.78 is 11.9. The van der Waals surface area contributed by atoms with E-state index in [1.165, 1.54) is 41.9 Å². The van der Waals surface area contributed by atoms with Crippen LogP contribution in [0.25, 0.3) is 0 Å². The molecule has 0 amide bonds. The van der Waals surface area contributed by atoms with Gasteiger partial charge >= 0.3 is 0 Å². The molecule has 2 aromatic rings. The highest BCUT2D eigenvalue weighted by Gasteiger charge is 2.25. The van der Waals surface area contributed by atoms with Crippen molar-refractivity contribution in [1.29, 1.82) is 0 Å². The van der Waals surface area contributed by atoms with Crippen molar-refractivity contribution in [2.24, 2.45) is 0 Å². The molecule has 0 saturated carbocycles. The van der Waals surface area contributed by atoms with E-state index in [1.807, 2.05) is 18.3 Å². The van der Waals surface area contributed by atoms with Crippen LogP contribution in [0.4, 0.5) is 0 Å². The summed E-state index contributed by atoms with van der Waals surface area (Å²) in [5.41, 5.74) is 2.46. The molecule has 4 nitrogen and oxygen atoms in total. The first-order valence-corrected chi connectivity index (χ1v) is 11.1. The molecule has 2 aliphatic heterocycles. The molecule has 0 radical (unpaired) electrons. The third kappa shape index (κ3) is 4.31. The summed E-state index contributed by atoms with van der Waals surface area (Å²) in [6, 6.07) is 9.25. The maximum Gasteiger partial charge on any atom is 0.124 e. The Bertz CT molecular complexity index is 741. The Hall–Kier alpha value is -1.56. The zero-order valence-electron chi connectivity index (χ0n) is 16.4. The second kappa shape index (κ2) is 8.63. The van der Waals surface area contributed by atoms with Crippen LogP contribution in [-0.2, 0) is 13.0 Å². The molecule has 1 aromatic carbocycles. The molecule has 0 unspecified atom stereocenters. The summed E-state index contributed by atoms with van der Waals surface area (Å²) in [5.74, 6) is 2.02. The number of likely N-dealkylation sites (tertiary alicyclic amines) is 1. The van der Waals surface area contributed by atoms with Gasteiger partial charge in [0.1, 0.15) is 17.6 Å². The van der Waals surface area contributed by atoms with Crippen molar-refractivity contribution in [2.45, 2.75) is 51.8 Å². The van der Waals surface area contributed by atoms with Gasteiger partial charge in [-0.05, 0) is 63.4 Å². The number of rotatable bonds is 8. The number of fused-ring (bicyclic) bond motifs is 1. The first-order chi connectivity index (χ1) is 13.2. The average Bonchev–Trinajstić information content (AvgIpc) is 3.40. The third-order valence-electron chi connectivity index (χ3n) is 5.49. The van der Waals surface area contributed by atoms with Gasteiger partial charge in [-0.15, -0.1) is 11.3 Å². The van der Waals surface area contributed by atoms with Gasteiger partial charge in [-0.1, -0.05) is 6.07 Å². The van der Waals surface area contributed by atoms with Crippen LogP contribution in [-0.4, -0.2) is 37.2 Å². The van der Waals surface area contributed by atoms with E-state index in [0.29, 0.717) is 12.6 Å². The van der Waals surface area contributed by atoms with E-state index in [-0.39, 0.29) is 6.10 Å². The van der Waals surface area contributed by atoms with Gasteiger partial charge in [-0.2, -0.15) is 0 Å². The topological polar surface area (TPSA) is 33.7 Å². The molecule has 5 heteroatoms. The molecule has 146 valence electrons. The lowest BCUT2D eigenvalue weighted by molar-refractivity contribution is 0.241. The van der Waals surface area contributed by atoms with E-state index in [0.717, 1.165) is 31.0 Å². The van der Waals surface area contributed by atoms with E-state index in [4.69, 9.17) is 9.47 Å². The second-order valence-electron chi connectivity index (χ2n) is 7.54. The summed E-state index contributed by atoms with van der Waals surface area (Å²) in [5, 5.41) is 5.88. The van der Waals surface area contributed by atoms with Crippen molar-refractivity contribution in [3.63, 3.8) is 0 Å². The highest BCUT2D eigenvalue weighted by atomic mass is 32.1. The molecular weight excluding hydrogens is 356 g/mol. The average molecular weight is 387 g/mol. The monoisotopic (exact) mass is 386 g/mol. The fraction of sp³-hybridized carbons (Fsp3) is 0.545. The SMILES string of the molecule is CCOc1cc2c(cc1CNC[C@@H](c1cccs1)N1CCCC1)O[C@@H](C)C2. The Kier molecular flexibility index (Phi) is 6.01. The third-order valence-corrected chi connectivity index (χ3v) is 6.46. The number of thiophene rings is 1. The number of nitrogens with one attached hydrogen (secondary N) is 1. The molecule has 0 bridgehead atoms. The fourth-order valence-corrected chi connectivity index (χ4v) is 5.06. The second-order valence-corrected chi connectivity index (χ2v) is 8.52. The Morgan fingerprint density at radius 2 is 2.19 bits per heavy atom. The molecule has 1 fully saturated rings. The van der Waals surface area contributed by atoms with Crippen LogP contribution >= 0.6 is 11.3 Å². The van der Waals surface area contributed by atoms with Crippen LogP contribution < -0.4 is 14.8 Å². The molecule has 1 N–H and O–H groups in total. The van der Waals surface area contributed by atoms with E-state index in [1.54, 1.807) is 0 Å². The number of hydrogen-bond donors (Lipinski definition) is 1. The molecule has 1 saturated heterocycles. The molecule has 27 heavy (non-hydrogen) atoms. The van der Waals surface area contributed by atoms with Crippen LogP contribution in [0.1, 0.15) is 48.7 Å². The minimum atomic E-state index is 0.260. The van der Waals surface area contributed by atoms with Crippen LogP contribution in [0.3, 0.4) is 0 Å². The summed E-state index contributed by atoms with van der Waals surface area (Å²) in [6.45, 7) is 9.03. The lowest BCUT2D eigenvalue weighted by atomic mass is 10.1. The van der Waals surface area contributed by atoms with Crippen molar-refractivity contribution >= 4 is 11.3 Å². The maximum atomic E-state index is 5.96. The van der Waals surface area contributed by atoms with Gasteiger partial charge in [-0.25, -0.2) is 0 Å². The van der Waals surface area contributed by atoms with Gasteiger partial charge < -0.3 is 14.8 Å². The van der Waals surface area contributed by atoms with Crippen molar-refractivity contribution in [3.05, 3.63) is 45.6 Å². The van der Waals surface area contributed by atoms with Crippen molar-refractivity contribution in [3.8, 4) is 11.5 Å². The Morgan fingerprint density at radius 3 is 2.93 bits per heavy atom. The normalized spacial score (nSPS) is 20.4. The van der Waals surface area contributed by atoms with Gasteiger partial charge in [-0.3, -0.25) is 4.90 Å². The number of nitrogens with zero attached hydrogens (tertiary/aromatic N) is 1. The van der Waals surface area contributed by atoms with Crippen LogP contribution in [0.5, 0.6) is 11.5 Å². The van der Waals surface area contributed by atoms with Crippen molar-refractivity contribution in [1.82, 2.24) is 10.2 Å². The molecule has 4 rings (SSSR count). The van der Waals surface area contributed by atoms with Crippen LogP contribution in [0.2, 0.25) is 0 Å². The van der Waals surface area contributed by atoms with E-state index in [9.17, 15) is 0 Å². The maximum absolute atomic E-state index is 5.96. The van der Waals surface area contributed by atoms with E-state index < -0.39 is 0 Å². The fourth-order valence-electron chi connectivity index (χ4n) is 4.20. The van der Waals surface area contributed by atoms with Gasteiger partial charge in [0.05, 0.1) is 12.6 Å². The van der Waals surface area contributed by atoms with Gasteiger partial charge in [0.2, 0.25) is 0 Å². The quantitative estimate of drug-likeness (QED) is 0.729. The Morgan fingerprint density at radius 1 is 1.33 bits per heavy atom. The van der Waals surface area contributed by atoms with Gasteiger partial charge in [0, 0.05) is 35.5 Å². The van der Waals surface area contributed by atoms with Gasteiger partial charge in [0.25, 0.3) is 0 Å². The molecule has 1 aromatic heterocycles. The molecule has 0 aliphatic carbocycles. The molecule has 0 spiro atoms. The minimum Gasteiger partial charge on any atom is -0.494 e. The van der Waals surface area contributed by atoms with E-state index in [2.05, 4.69) is 46.8 Å². The zero-order chi connectivity index (χ0) is 18.6. The molecular formula is C22H30N2O2S. The summed E-state index contributed by atoms with van der Waals surface area (Å²) in [6.07, 6.45) is 3.86. The van der Waals surface area contributed by atoms with Crippen LogP contribution in [0, 0.1) is 0 Å². The number of hydrogen-bond acceptors (Lipinski definition) is 5. The van der Waals surface area contributed by atoms with Gasteiger partial charge in [0.15, 0.2) is 0 Å². The molecule has 2 atom stereocenters. The number of benzene rings is 1. The summed E-state index contributed by atoms with van der Waals surface area (Å²) in [7, 11) is 0. The lowest BCUT2D eigenvalue weighted by Crippen LogP contribution is -2.33. The largest absolute Gasteiger partial charge is 0.494 e. The van der Waals surface area contributed by atoms with Crippen molar-refractivity contribution < 1.29 is 9.47 Å². The predicted octanol–water partition coefficient (Wildman–Crippen LogP) is 4.40. The highest BCUT2D eigenvalue weighted by molar-refractivity contribution is 7.10. The molecule has 2 aliphatic rings. The zero-order valence-corrected chi connectivity index (χ0v) is 17.2. The summed E-state index contributed by atoms with van der Waals surface area (Å²) in [4.78, 5) is 4.08. The predicted molar refractivity (Wildman–Crippen MR) is 111 cm³/mol.